The van der Waals surface area contributed by atoms with Gasteiger partial charge in [-0.3, -0.25) is 4.79 Å². The van der Waals surface area contributed by atoms with E-state index in [1.54, 1.807) is 11.1 Å². The summed E-state index contributed by atoms with van der Waals surface area (Å²) < 4.78 is 13.6. The van der Waals surface area contributed by atoms with E-state index < -0.39 is 11.0 Å². The van der Waals surface area contributed by atoms with Crippen LogP contribution < -0.4 is 4.74 Å². The van der Waals surface area contributed by atoms with Gasteiger partial charge in [0, 0.05) is 0 Å². The highest BCUT2D eigenvalue weighted by molar-refractivity contribution is 5.78. The topological polar surface area (TPSA) is 35.5 Å². The summed E-state index contributed by atoms with van der Waals surface area (Å²) in [5.41, 5.74) is 7.81. The Morgan fingerprint density at radius 2 is 1.38 bits per heavy atom. The molecule has 2 fully saturated rings. The van der Waals surface area contributed by atoms with Gasteiger partial charge in [-0.2, -0.15) is 0 Å². The lowest BCUT2D eigenvalue weighted by Gasteiger charge is -2.54. The first kappa shape index (κ1) is 35.5. The predicted octanol–water partition coefficient (Wildman–Crippen LogP) is 12.5. The molecule has 0 radical (unpaired) electrons. The van der Waals surface area contributed by atoms with E-state index in [0.717, 1.165) is 68.3 Å². The summed E-state index contributed by atoms with van der Waals surface area (Å²) in [4.78, 5) is 14.1. The molecule has 6 rings (SSSR count). The van der Waals surface area contributed by atoms with E-state index in [9.17, 15) is 4.79 Å². The van der Waals surface area contributed by atoms with Crippen LogP contribution in [0.15, 0.2) is 24.3 Å². The Labute approximate surface area is 293 Å². The monoisotopic (exact) mass is 655 g/mol. The fourth-order valence-corrected chi connectivity index (χ4v) is 11.4. The Morgan fingerprint density at radius 1 is 0.812 bits per heavy atom. The van der Waals surface area contributed by atoms with Crippen molar-refractivity contribution >= 4 is 5.97 Å². The molecule has 4 aliphatic carbocycles. The number of carbonyl (C=O) groups excluding carboxylic acids is 1. The SMILES string of the molecule is CCCC(C)(C)OC(=O)C1(C)CCCC2(C)c3cc(Oc4cc5c(cc4C(C)C)CCC4C(C)CCCC54C)c(C(C)C)cc3CCC12. The molecule has 6 atom stereocenters. The third-order valence-corrected chi connectivity index (χ3v) is 14.1. The van der Waals surface area contributed by atoms with Crippen LogP contribution in [0, 0.1) is 23.2 Å². The minimum Gasteiger partial charge on any atom is -0.459 e. The number of aryl methyl sites for hydroxylation is 2. The molecule has 0 N–H and O–H groups in total. The molecule has 3 heteroatoms. The average Bonchev–Trinajstić information content (AvgIpc) is 3.00. The van der Waals surface area contributed by atoms with E-state index in [4.69, 9.17) is 9.47 Å². The van der Waals surface area contributed by atoms with Crippen molar-refractivity contribution in [2.45, 2.75) is 181 Å². The van der Waals surface area contributed by atoms with E-state index in [1.807, 2.05) is 0 Å². The van der Waals surface area contributed by atoms with Crippen LogP contribution in [0.3, 0.4) is 0 Å². The van der Waals surface area contributed by atoms with Gasteiger partial charge in [0.1, 0.15) is 17.1 Å². The molecule has 6 unspecified atom stereocenters. The zero-order valence-corrected chi connectivity index (χ0v) is 32.4. The molecule has 264 valence electrons. The number of ether oxygens (including phenoxy) is 2. The largest absolute Gasteiger partial charge is 0.459 e. The molecule has 0 heterocycles. The Hall–Kier alpha value is -2.29. The molecule has 0 spiro atoms. The summed E-state index contributed by atoms with van der Waals surface area (Å²) >= 11 is 0. The molecule has 2 aromatic rings. The van der Waals surface area contributed by atoms with Crippen LogP contribution in [0.25, 0.3) is 0 Å². The predicted molar refractivity (Wildman–Crippen MR) is 200 cm³/mol. The molecule has 0 amide bonds. The van der Waals surface area contributed by atoms with Crippen molar-refractivity contribution in [2.75, 3.05) is 0 Å². The molecule has 0 saturated heterocycles. The number of carbonyl (C=O) groups is 1. The minimum atomic E-state index is -0.486. The lowest BCUT2D eigenvalue weighted by atomic mass is 9.49. The third-order valence-electron chi connectivity index (χ3n) is 14.1. The molecule has 0 bridgehead atoms. The summed E-state index contributed by atoms with van der Waals surface area (Å²) in [7, 11) is 0. The van der Waals surface area contributed by atoms with Crippen LogP contribution in [0.4, 0.5) is 0 Å². The van der Waals surface area contributed by atoms with Crippen LogP contribution in [0.2, 0.25) is 0 Å². The van der Waals surface area contributed by atoms with Crippen molar-refractivity contribution in [3.63, 3.8) is 0 Å². The Bertz CT molecular complexity index is 1530. The van der Waals surface area contributed by atoms with E-state index in [0.29, 0.717) is 11.8 Å². The highest BCUT2D eigenvalue weighted by atomic mass is 16.6. The van der Waals surface area contributed by atoms with Gasteiger partial charge < -0.3 is 9.47 Å². The van der Waals surface area contributed by atoms with Crippen molar-refractivity contribution in [3.05, 3.63) is 57.6 Å². The van der Waals surface area contributed by atoms with Gasteiger partial charge in [-0.25, -0.2) is 0 Å². The van der Waals surface area contributed by atoms with E-state index >= 15 is 0 Å². The van der Waals surface area contributed by atoms with Crippen molar-refractivity contribution in [1.82, 2.24) is 0 Å². The maximum Gasteiger partial charge on any atom is 0.312 e. The van der Waals surface area contributed by atoms with Crippen LogP contribution in [0.5, 0.6) is 11.5 Å². The first-order chi connectivity index (χ1) is 22.5. The van der Waals surface area contributed by atoms with Gasteiger partial charge in [-0.1, -0.05) is 93.2 Å². The second-order valence-corrected chi connectivity index (χ2v) is 18.6. The van der Waals surface area contributed by atoms with Crippen molar-refractivity contribution < 1.29 is 14.3 Å². The normalized spacial score (nSPS) is 31.5. The van der Waals surface area contributed by atoms with Crippen LogP contribution >= 0.6 is 0 Å². The number of fused-ring (bicyclic) bond motifs is 6. The number of hydrogen-bond acceptors (Lipinski definition) is 3. The Balaban J connectivity index is 1.41. The summed E-state index contributed by atoms with van der Waals surface area (Å²) in [6.45, 7) is 25.3. The molecular weight excluding hydrogens is 588 g/mol. The van der Waals surface area contributed by atoms with Gasteiger partial charge in [0.25, 0.3) is 0 Å². The van der Waals surface area contributed by atoms with Gasteiger partial charge in [-0.15, -0.1) is 0 Å². The first-order valence-electron chi connectivity index (χ1n) is 19.8. The molecule has 0 aliphatic heterocycles. The van der Waals surface area contributed by atoms with Crippen LogP contribution in [-0.4, -0.2) is 11.6 Å². The second-order valence-electron chi connectivity index (χ2n) is 18.6. The summed E-state index contributed by atoms with van der Waals surface area (Å²) in [6.07, 6.45) is 13.4. The highest BCUT2D eigenvalue weighted by Gasteiger charge is 2.56. The highest BCUT2D eigenvalue weighted by Crippen LogP contribution is 2.59. The second kappa shape index (κ2) is 12.8. The summed E-state index contributed by atoms with van der Waals surface area (Å²) in [5.74, 6) is 4.59. The van der Waals surface area contributed by atoms with E-state index in [1.165, 1.54) is 54.4 Å². The number of benzene rings is 2. The van der Waals surface area contributed by atoms with Crippen LogP contribution in [0.1, 0.15) is 186 Å². The van der Waals surface area contributed by atoms with Crippen molar-refractivity contribution in [1.29, 1.82) is 0 Å². The lowest BCUT2D eigenvalue weighted by molar-refractivity contribution is -0.178. The van der Waals surface area contributed by atoms with E-state index in [-0.39, 0.29) is 22.7 Å². The number of esters is 1. The maximum atomic E-state index is 14.1. The lowest BCUT2D eigenvalue weighted by Crippen LogP contribution is -2.54. The average molecular weight is 655 g/mol. The van der Waals surface area contributed by atoms with E-state index in [2.05, 4.69) is 100 Å². The fraction of sp³-hybridized carbons (Fsp3) is 0.711. The van der Waals surface area contributed by atoms with Gasteiger partial charge in [0.2, 0.25) is 0 Å². The first-order valence-corrected chi connectivity index (χ1v) is 19.8. The zero-order valence-electron chi connectivity index (χ0n) is 32.4. The molecule has 48 heavy (non-hydrogen) atoms. The standard InChI is InChI=1S/C45H66O3/c1-12-20-42(7,8)48-41(46)45(11)23-14-22-44(10)37-27-39(34(29(4)5)25-32(37)17-19-40(44)45)47-38-26-36-31(24-33(38)28(2)3)16-18-35-30(6)15-13-21-43(35,36)9/h24-30,35,40H,12-23H2,1-11H3. The maximum absolute atomic E-state index is 14.1. The zero-order chi connectivity index (χ0) is 34.8. The number of hydrogen-bond donors (Lipinski definition) is 0. The third kappa shape index (κ3) is 5.96. The smallest absolute Gasteiger partial charge is 0.312 e. The fourth-order valence-electron chi connectivity index (χ4n) is 11.4. The Kier molecular flexibility index (Phi) is 9.47. The molecule has 2 saturated carbocycles. The quantitative estimate of drug-likeness (QED) is 0.266. The van der Waals surface area contributed by atoms with Gasteiger partial charge in [0.15, 0.2) is 0 Å². The van der Waals surface area contributed by atoms with Gasteiger partial charge in [-0.05, 0) is 158 Å². The summed E-state index contributed by atoms with van der Waals surface area (Å²) in [6, 6.07) is 9.89. The molecule has 4 aliphatic rings. The van der Waals surface area contributed by atoms with Crippen molar-refractivity contribution in [3.8, 4) is 11.5 Å². The Morgan fingerprint density at radius 3 is 1.96 bits per heavy atom. The van der Waals surface area contributed by atoms with Gasteiger partial charge in [0.05, 0.1) is 5.41 Å². The molecular formula is C45H66O3. The molecule has 3 nitrogen and oxygen atoms in total. The van der Waals surface area contributed by atoms with Gasteiger partial charge >= 0.3 is 5.97 Å². The minimum absolute atomic E-state index is 0.00932. The van der Waals surface area contributed by atoms with Crippen molar-refractivity contribution in [2.24, 2.45) is 23.2 Å². The summed E-state index contributed by atoms with van der Waals surface area (Å²) in [5, 5.41) is 0. The molecule has 0 aromatic heterocycles. The number of rotatable bonds is 8. The molecule has 2 aromatic carbocycles. The van der Waals surface area contributed by atoms with Crippen LogP contribution in [-0.2, 0) is 33.2 Å².